The minimum atomic E-state index is -0.794. The molecule has 1 atom stereocenters. The van der Waals surface area contributed by atoms with Gasteiger partial charge in [0.2, 0.25) is 0 Å². The van der Waals surface area contributed by atoms with Crippen LogP contribution >= 0.6 is 0 Å². The van der Waals surface area contributed by atoms with Gasteiger partial charge in [-0.25, -0.2) is 4.79 Å². The Bertz CT molecular complexity index is 738. The summed E-state index contributed by atoms with van der Waals surface area (Å²) in [5.41, 5.74) is 3.27. The Balaban J connectivity index is 1.80. The predicted octanol–water partition coefficient (Wildman–Crippen LogP) is 3.53. The number of cyclic esters (lactones) is 1. The van der Waals surface area contributed by atoms with Crippen molar-refractivity contribution in [3.05, 3.63) is 65.2 Å². The fraction of sp³-hybridized carbons (Fsp3) is 0.263. The molecule has 23 heavy (non-hydrogen) atoms. The number of hydrogen-bond donors (Lipinski definition) is 1. The van der Waals surface area contributed by atoms with E-state index in [-0.39, 0.29) is 5.91 Å². The Kier molecular flexibility index (Phi) is 4.15. The number of rotatable bonds is 3. The molecule has 0 saturated carbocycles. The van der Waals surface area contributed by atoms with Crippen molar-refractivity contribution >= 4 is 17.6 Å². The molecule has 118 valence electrons. The molecule has 0 aliphatic carbocycles. The molecule has 2 aromatic rings. The van der Waals surface area contributed by atoms with E-state index in [1.807, 2.05) is 30.3 Å². The van der Waals surface area contributed by atoms with Crippen molar-refractivity contribution in [2.45, 2.75) is 32.3 Å². The molecular formula is C19H19NO3. The molecule has 1 N–H and O–H groups in total. The molecule has 1 heterocycles. The van der Waals surface area contributed by atoms with Crippen molar-refractivity contribution in [1.82, 2.24) is 0 Å². The number of carbonyl (C=O) groups is 2. The van der Waals surface area contributed by atoms with Crippen LogP contribution in [0.15, 0.2) is 48.5 Å². The maximum absolute atomic E-state index is 12.4. The summed E-state index contributed by atoms with van der Waals surface area (Å²) in [4.78, 5) is 24.5. The second kappa shape index (κ2) is 6.24. The van der Waals surface area contributed by atoms with E-state index in [0.717, 1.165) is 11.1 Å². The van der Waals surface area contributed by atoms with Gasteiger partial charge >= 0.3 is 5.97 Å². The Morgan fingerprint density at radius 3 is 2.61 bits per heavy atom. The normalized spacial score (nSPS) is 16.7. The Labute approximate surface area is 135 Å². The summed E-state index contributed by atoms with van der Waals surface area (Å²) < 4.78 is 5.30. The number of fused-ring (bicyclic) bond motifs is 1. The smallest absolute Gasteiger partial charge is 0.339 e. The van der Waals surface area contributed by atoms with Crippen molar-refractivity contribution in [3.63, 3.8) is 0 Å². The first-order valence-electron chi connectivity index (χ1n) is 7.74. The third-order valence-corrected chi connectivity index (χ3v) is 4.00. The number of amides is 1. The highest BCUT2D eigenvalue weighted by Gasteiger charge is 2.31. The van der Waals surface area contributed by atoms with E-state index in [2.05, 4.69) is 19.2 Å². The summed E-state index contributed by atoms with van der Waals surface area (Å²) >= 11 is 0. The largest absolute Gasteiger partial charge is 0.448 e. The number of anilines is 1. The zero-order chi connectivity index (χ0) is 16.4. The lowest BCUT2D eigenvalue weighted by atomic mass is 9.92. The van der Waals surface area contributed by atoms with Gasteiger partial charge in [-0.3, -0.25) is 4.79 Å². The van der Waals surface area contributed by atoms with Gasteiger partial charge in [0.25, 0.3) is 5.91 Å². The molecule has 4 nitrogen and oxygen atoms in total. The molecule has 3 rings (SSSR count). The number of nitrogens with one attached hydrogen (secondary N) is 1. The molecule has 0 saturated heterocycles. The molecule has 0 spiro atoms. The van der Waals surface area contributed by atoms with E-state index in [4.69, 9.17) is 4.74 Å². The lowest BCUT2D eigenvalue weighted by molar-refractivity contribution is -0.125. The van der Waals surface area contributed by atoms with E-state index in [1.165, 1.54) is 0 Å². The van der Waals surface area contributed by atoms with Gasteiger partial charge < -0.3 is 10.1 Å². The fourth-order valence-corrected chi connectivity index (χ4v) is 2.67. The van der Waals surface area contributed by atoms with Crippen LogP contribution < -0.4 is 5.32 Å². The van der Waals surface area contributed by atoms with Gasteiger partial charge in [-0.05, 0) is 35.2 Å². The van der Waals surface area contributed by atoms with Gasteiger partial charge in [0.1, 0.15) is 0 Å². The Hall–Kier alpha value is -2.62. The maximum atomic E-state index is 12.4. The zero-order valence-electron chi connectivity index (χ0n) is 13.2. The summed E-state index contributed by atoms with van der Waals surface area (Å²) in [6, 6.07) is 14.9. The van der Waals surface area contributed by atoms with Crippen molar-refractivity contribution in [2.75, 3.05) is 5.32 Å². The molecule has 1 unspecified atom stereocenters. The summed E-state index contributed by atoms with van der Waals surface area (Å²) in [5, 5.41) is 2.78. The van der Waals surface area contributed by atoms with E-state index < -0.39 is 12.1 Å². The number of benzene rings is 2. The first-order chi connectivity index (χ1) is 11.0. The standard InChI is InChI=1S/C19H19NO3/c1-12(2)13-8-9-16-14(10-13)11-17(23-19(16)22)18(21)20-15-6-4-3-5-7-15/h3-10,12,17H,11H2,1-2H3,(H,20,21). The summed E-state index contributed by atoms with van der Waals surface area (Å²) in [5.74, 6) is -0.366. The first-order valence-corrected chi connectivity index (χ1v) is 7.74. The Morgan fingerprint density at radius 1 is 1.17 bits per heavy atom. The fourth-order valence-electron chi connectivity index (χ4n) is 2.67. The van der Waals surface area contributed by atoms with E-state index in [9.17, 15) is 9.59 Å². The van der Waals surface area contributed by atoms with E-state index in [0.29, 0.717) is 23.6 Å². The minimum absolute atomic E-state index is 0.301. The van der Waals surface area contributed by atoms with Crippen molar-refractivity contribution in [1.29, 1.82) is 0 Å². The molecule has 1 aliphatic heterocycles. The highest BCUT2D eigenvalue weighted by atomic mass is 16.5. The number of hydrogen-bond acceptors (Lipinski definition) is 3. The third-order valence-electron chi connectivity index (χ3n) is 4.00. The summed E-state index contributed by atoms with van der Waals surface area (Å²) in [7, 11) is 0. The molecule has 1 aliphatic rings. The van der Waals surface area contributed by atoms with E-state index in [1.54, 1.807) is 18.2 Å². The first kappa shape index (κ1) is 15.3. The zero-order valence-corrected chi connectivity index (χ0v) is 13.2. The van der Waals surface area contributed by atoms with Crippen LogP contribution in [0.2, 0.25) is 0 Å². The third kappa shape index (κ3) is 3.26. The van der Waals surface area contributed by atoms with Gasteiger partial charge in [0, 0.05) is 12.1 Å². The van der Waals surface area contributed by atoms with Crippen LogP contribution in [-0.4, -0.2) is 18.0 Å². The van der Waals surface area contributed by atoms with Gasteiger partial charge in [-0.2, -0.15) is 0 Å². The van der Waals surface area contributed by atoms with Gasteiger partial charge in [-0.15, -0.1) is 0 Å². The monoisotopic (exact) mass is 309 g/mol. The van der Waals surface area contributed by atoms with Crippen LogP contribution in [-0.2, 0) is 16.0 Å². The number of ether oxygens (including phenoxy) is 1. The quantitative estimate of drug-likeness (QED) is 0.882. The van der Waals surface area contributed by atoms with Crippen LogP contribution in [0.3, 0.4) is 0 Å². The highest BCUT2D eigenvalue weighted by Crippen LogP contribution is 2.25. The second-order valence-corrected chi connectivity index (χ2v) is 6.02. The molecule has 0 radical (unpaired) electrons. The average Bonchev–Trinajstić information content (AvgIpc) is 2.55. The number of para-hydroxylation sites is 1. The lowest BCUT2D eigenvalue weighted by Crippen LogP contribution is -2.38. The number of esters is 1. The topological polar surface area (TPSA) is 55.4 Å². The molecule has 4 heteroatoms. The summed E-state index contributed by atoms with van der Waals surface area (Å²) in [6.45, 7) is 4.20. The average molecular weight is 309 g/mol. The van der Waals surface area contributed by atoms with E-state index >= 15 is 0 Å². The molecule has 1 amide bonds. The SMILES string of the molecule is CC(C)c1ccc2c(c1)CC(C(=O)Nc1ccccc1)OC2=O. The van der Waals surface area contributed by atoms with Crippen LogP contribution in [0.25, 0.3) is 0 Å². The van der Waals surface area contributed by atoms with Crippen LogP contribution in [0.5, 0.6) is 0 Å². The summed E-state index contributed by atoms with van der Waals surface area (Å²) in [6.07, 6.45) is -0.391. The molecule has 0 fully saturated rings. The second-order valence-electron chi connectivity index (χ2n) is 6.02. The van der Waals surface area contributed by atoms with Gasteiger partial charge in [0.15, 0.2) is 6.10 Å². The predicted molar refractivity (Wildman–Crippen MR) is 88.5 cm³/mol. The lowest BCUT2D eigenvalue weighted by Gasteiger charge is -2.24. The van der Waals surface area contributed by atoms with Crippen LogP contribution in [0, 0.1) is 0 Å². The van der Waals surface area contributed by atoms with Gasteiger partial charge in [-0.1, -0.05) is 44.2 Å². The van der Waals surface area contributed by atoms with Gasteiger partial charge in [0.05, 0.1) is 5.56 Å². The minimum Gasteiger partial charge on any atom is -0.448 e. The molecule has 0 aromatic heterocycles. The van der Waals surface area contributed by atoms with Crippen LogP contribution in [0.4, 0.5) is 5.69 Å². The Morgan fingerprint density at radius 2 is 1.91 bits per heavy atom. The molecule has 2 aromatic carbocycles. The van der Waals surface area contributed by atoms with Crippen molar-refractivity contribution < 1.29 is 14.3 Å². The molecular weight excluding hydrogens is 290 g/mol. The van der Waals surface area contributed by atoms with Crippen molar-refractivity contribution in [2.24, 2.45) is 0 Å². The van der Waals surface area contributed by atoms with Crippen molar-refractivity contribution in [3.8, 4) is 0 Å². The van der Waals surface area contributed by atoms with Crippen LogP contribution in [0.1, 0.15) is 41.3 Å². The number of carbonyl (C=O) groups excluding carboxylic acids is 2. The maximum Gasteiger partial charge on any atom is 0.339 e. The molecule has 0 bridgehead atoms. The highest BCUT2D eigenvalue weighted by molar-refractivity contribution is 6.00.